The van der Waals surface area contributed by atoms with E-state index in [9.17, 15) is 0 Å². The van der Waals surface area contributed by atoms with Crippen molar-refractivity contribution in [2.24, 2.45) is 0 Å². The Labute approximate surface area is 118 Å². The maximum atomic E-state index is 8.87. The van der Waals surface area contributed by atoms with Gasteiger partial charge in [-0.2, -0.15) is 5.26 Å². The Kier molecular flexibility index (Phi) is 3.90. The Morgan fingerprint density at radius 1 is 1.12 bits per heavy atom. The number of hydrogen-bond acceptors (Lipinski definition) is 2. The molecule has 0 radical (unpaired) electrons. The van der Waals surface area contributed by atoms with Gasteiger partial charge >= 0.3 is 0 Å². The van der Waals surface area contributed by atoms with Crippen molar-refractivity contribution >= 4 is 46.6 Å². The predicted octanol–water partition coefficient (Wildman–Crippen LogP) is 4.93. The molecule has 86 valence electrons. The fourth-order valence-electron chi connectivity index (χ4n) is 1.23. The van der Waals surface area contributed by atoms with Crippen LogP contribution in [-0.4, -0.2) is 4.57 Å². The highest BCUT2D eigenvalue weighted by molar-refractivity contribution is 7.99. The third-order valence-electron chi connectivity index (χ3n) is 2.01. The second kappa shape index (κ2) is 5.24. The SMILES string of the molecule is N#Cn1cccc1Sc1cc(Cl)c(Cl)cc1Cl. The maximum absolute atomic E-state index is 8.87. The molecule has 17 heavy (non-hydrogen) atoms. The van der Waals surface area contributed by atoms with Crippen molar-refractivity contribution in [2.45, 2.75) is 9.92 Å². The van der Waals surface area contributed by atoms with Crippen molar-refractivity contribution in [3.8, 4) is 6.19 Å². The second-order valence-corrected chi connectivity index (χ2v) is 5.40. The van der Waals surface area contributed by atoms with E-state index in [4.69, 9.17) is 40.1 Å². The van der Waals surface area contributed by atoms with Crippen LogP contribution < -0.4 is 0 Å². The average Bonchev–Trinajstić information content (AvgIpc) is 2.73. The number of nitriles is 1. The van der Waals surface area contributed by atoms with Crippen molar-refractivity contribution in [3.63, 3.8) is 0 Å². The standard InChI is InChI=1S/C11H5Cl3N2S/c12-7-4-9(14)10(5-8(7)13)17-11-2-1-3-16(11)6-15/h1-5H. The zero-order valence-corrected chi connectivity index (χ0v) is 11.4. The van der Waals surface area contributed by atoms with Crippen LogP contribution in [0.2, 0.25) is 15.1 Å². The summed E-state index contributed by atoms with van der Waals surface area (Å²) >= 11 is 19.2. The Morgan fingerprint density at radius 2 is 1.82 bits per heavy atom. The summed E-state index contributed by atoms with van der Waals surface area (Å²) in [7, 11) is 0. The lowest BCUT2D eigenvalue weighted by molar-refractivity contribution is 0.975. The van der Waals surface area contributed by atoms with Crippen LogP contribution >= 0.6 is 46.6 Å². The van der Waals surface area contributed by atoms with Crippen molar-refractivity contribution in [1.29, 1.82) is 5.26 Å². The Balaban J connectivity index is 2.37. The van der Waals surface area contributed by atoms with Crippen molar-refractivity contribution in [3.05, 3.63) is 45.5 Å². The smallest absolute Gasteiger partial charge is 0.189 e. The summed E-state index contributed by atoms with van der Waals surface area (Å²) < 4.78 is 1.45. The van der Waals surface area contributed by atoms with Gasteiger partial charge in [0, 0.05) is 11.1 Å². The number of hydrogen-bond donors (Lipinski definition) is 0. The van der Waals surface area contributed by atoms with Gasteiger partial charge in [-0.05, 0) is 24.3 Å². The molecular formula is C11H5Cl3N2S. The summed E-state index contributed by atoms with van der Waals surface area (Å²) in [5.74, 6) is 0. The Morgan fingerprint density at radius 3 is 2.53 bits per heavy atom. The number of halogens is 3. The van der Waals surface area contributed by atoms with Gasteiger partial charge in [0.05, 0.1) is 20.1 Å². The number of benzene rings is 1. The van der Waals surface area contributed by atoms with Gasteiger partial charge in [-0.25, -0.2) is 4.57 Å². The molecular weight excluding hydrogens is 299 g/mol. The molecule has 0 aliphatic carbocycles. The summed E-state index contributed by atoms with van der Waals surface area (Å²) in [5, 5.41) is 11.0. The molecule has 0 saturated heterocycles. The van der Waals surface area contributed by atoms with Crippen molar-refractivity contribution in [1.82, 2.24) is 4.57 Å². The van der Waals surface area contributed by atoms with E-state index >= 15 is 0 Å². The molecule has 0 unspecified atom stereocenters. The zero-order chi connectivity index (χ0) is 12.4. The van der Waals surface area contributed by atoms with Gasteiger partial charge in [0.15, 0.2) is 6.19 Å². The second-order valence-electron chi connectivity index (χ2n) is 3.12. The van der Waals surface area contributed by atoms with Gasteiger partial charge in [-0.15, -0.1) is 0 Å². The first-order valence-corrected chi connectivity index (χ1v) is 6.46. The summed E-state index contributed by atoms with van der Waals surface area (Å²) in [5.41, 5.74) is 0. The molecule has 2 aromatic rings. The molecule has 6 heteroatoms. The fraction of sp³-hybridized carbons (Fsp3) is 0. The largest absolute Gasteiger partial charge is 0.249 e. The van der Waals surface area contributed by atoms with Crippen LogP contribution in [0.15, 0.2) is 40.4 Å². The lowest BCUT2D eigenvalue weighted by atomic mass is 10.4. The van der Waals surface area contributed by atoms with Crippen LogP contribution in [-0.2, 0) is 0 Å². The first-order chi connectivity index (χ1) is 8.11. The van der Waals surface area contributed by atoms with E-state index in [0.717, 1.165) is 9.92 Å². The number of rotatable bonds is 2. The summed E-state index contributed by atoms with van der Waals surface area (Å²) in [6.07, 6.45) is 3.71. The van der Waals surface area contributed by atoms with Gasteiger partial charge < -0.3 is 0 Å². The molecule has 1 aromatic carbocycles. The van der Waals surface area contributed by atoms with E-state index in [0.29, 0.717) is 15.1 Å². The molecule has 0 atom stereocenters. The minimum Gasteiger partial charge on any atom is -0.249 e. The zero-order valence-electron chi connectivity index (χ0n) is 8.32. The Bertz CT molecular complexity index is 601. The summed E-state index contributed by atoms with van der Waals surface area (Å²) in [4.78, 5) is 0.760. The molecule has 0 fully saturated rings. The minimum absolute atomic E-state index is 0.414. The number of nitrogens with zero attached hydrogens (tertiary/aromatic N) is 2. The third-order valence-corrected chi connectivity index (χ3v) is 4.25. The van der Waals surface area contributed by atoms with Gasteiger partial charge in [-0.3, -0.25) is 0 Å². The molecule has 0 aliphatic heterocycles. The van der Waals surface area contributed by atoms with Gasteiger partial charge in [0.2, 0.25) is 0 Å². The van der Waals surface area contributed by atoms with Crippen molar-refractivity contribution < 1.29 is 0 Å². The molecule has 0 aliphatic rings. The monoisotopic (exact) mass is 302 g/mol. The molecule has 0 amide bonds. The first kappa shape index (κ1) is 12.7. The van der Waals surface area contributed by atoms with Crippen LogP contribution in [0.5, 0.6) is 0 Å². The van der Waals surface area contributed by atoms with Gasteiger partial charge in [0.25, 0.3) is 0 Å². The fourth-order valence-corrected chi connectivity index (χ4v) is 2.86. The van der Waals surface area contributed by atoms with Crippen LogP contribution in [0.1, 0.15) is 0 Å². The quantitative estimate of drug-likeness (QED) is 0.736. The van der Waals surface area contributed by atoms with Crippen LogP contribution in [0, 0.1) is 11.5 Å². The normalized spacial score (nSPS) is 10.2. The third kappa shape index (κ3) is 2.72. The first-order valence-electron chi connectivity index (χ1n) is 4.51. The van der Waals surface area contributed by atoms with E-state index in [1.807, 2.05) is 12.3 Å². The van der Waals surface area contributed by atoms with Gasteiger partial charge in [0.1, 0.15) is 0 Å². The topological polar surface area (TPSA) is 28.7 Å². The molecule has 1 heterocycles. The Hall–Kier alpha value is -0.790. The van der Waals surface area contributed by atoms with E-state index in [-0.39, 0.29) is 0 Å². The lowest BCUT2D eigenvalue weighted by Gasteiger charge is -2.05. The molecule has 0 spiro atoms. The molecule has 0 bridgehead atoms. The molecule has 2 rings (SSSR count). The summed E-state index contributed by atoms with van der Waals surface area (Å²) in [6.45, 7) is 0. The van der Waals surface area contributed by atoms with E-state index in [2.05, 4.69) is 0 Å². The van der Waals surface area contributed by atoms with Crippen LogP contribution in [0.3, 0.4) is 0 Å². The summed E-state index contributed by atoms with van der Waals surface area (Å²) in [6, 6.07) is 6.89. The predicted molar refractivity (Wildman–Crippen MR) is 71.0 cm³/mol. The highest BCUT2D eigenvalue weighted by atomic mass is 35.5. The number of aromatic nitrogens is 1. The minimum atomic E-state index is 0.414. The van der Waals surface area contributed by atoms with E-state index in [1.54, 1.807) is 24.4 Å². The highest BCUT2D eigenvalue weighted by Gasteiger charge is 2.09. The average molecular weight is 304 g/mol. The van der Waals surface area contributed by atoms with Gasteiger partial charge in [-0.1, -0.05) is 46.6 Å². The molecule has 0 saturated carbocycles. The van der Waals surface area contributed by atoms with E-state index in [1.165, 1.54) is 16.3 Å². The van der Waals surface area contributed by atoms with Crippen molar-refractivity contribution in [2.75, 3.05) is 0 Å². The molecule has 2 nitrogen and oxygen atoms in total. The van der Waals surface area contributed by atoms with E-state index < -0.39 is 0 Å². The molecule has 1 aromatic heterocycles. The van der Waals surface area contributed by atoms with Crippen LogP contribution in [0.4, 0.5) is 0 Å². The molecule has 0 N–H and O–H groups in total. The maximum Gasteiger partial charge on any atom is 0.189 e. The van der Waals surface area contributed by atoms with Crippen LogP contribution in [0.25, 0.3) is 0 Å². The highest BCUT2D eigenvalue weighted by Crippen LogP contribution is 2.38. The lowest BCUT2D eigenvalue weighted by Crippen LogP contribution is -1.87.